The van der Waals surface area contributed by atoms with Crippen molar-refractivity contribution >= 4 is 0 Å². The molecule has 0 aliphatic rings. The average Bonchev–Trinajstić information content (AvgIpc) is 2.93. The van der Waals surface area contributed by atoms with Crippen molar-refractivity contribution in [2.24, 2.45) is 0 Å². The van der Waals surface area contributed by atoms with Gasteiger partial charge in [0.25, 0.3) is 0 Å². The number of rotatable bonds is 3. The van der Waals surface area contributed by atoms with Crippen molar-refractivity contribution in [3.8, 4) is 5.69 Å². The zero-order valence-electron chi connectivity index (χ0n) is 13.4. The number of aromatic nitrogens is 2. The number of nitrogens with zero attached hydrogens (tertiary/aromatic N) is 2. The Balaban J connectivity index is 0.000000741. The van der Waals surface area contributed by atoms with Gasteiger partial charge >= 0.3 is 0 Å². The Bertz CT molecular complexity index is 427. The molecule has 2 heteroatoms. The summed E-state index contributed by atoms with van der Waals surface area (Å²) in [5.41, 5.74) is 2.52. The van der Waals surface area contributed by atoms with Gasteiger partial charge < -0.3 is 0 Å². The van der Waals surface area contributed by atoms with E-state index in [1.165, 1.54) is 17.7 Å². The zero-order chi connectivity index (χ0) is 14.7. The quantitative estimate of drug-likeness (QED) is 0.717. The maximum atomic E-state index is 2.21. The Morgan fingerprint density at radius 3 is 2.11 bits per heavy atom. The van der Waals surface area contributed by atoms with Crippen LogP contribution >= 0.6 is 0 Å². The van der Waals surface area contributed by atoms with E-state index in [4.69, 9.17) is 0 Å². The van der Waals surface area contributed by atoms with Crippen LogP contribution < -0.4 is 4.57 Å². The van der Waals surface area contributed by atoms with E-state index in [1.807, 2.05) is 27.7 Å². The second-order valence-electron chi connectivity index (χ2n) is 3.89. The Hall–Kier alpha value is -1.57. The molecule has 1 aromatic carbocycles. The minimum atomic E-state index is 1.08. The van der Waals surface area contributed by atoms with Gasteiger partial charge in [-0.2, -0.15) is 0 Å². The highest BCUT2D eigenvalue weighted by molar-refractivity contribution is 5.33. The first-order valence-electron chi connectivity index (χ1n) is 7.43. The number of imidazole rings is 1. The van der Waals surface area contributed by atoms with Gasteiger partial charge in [0.15, 0.2) is 0 Å². The second kappa shape index (κ2) is 10.4. The summed E-state index contributed by atoms with van der Waals surface area (Å²) in [4.78, 5) is 0. The largest absolute Gasteiger partial charge is 0.248 e. The van der Waals surface area contributed by atoms with Crippen LogP contribution in [0.25, 0.3) is 5.69 Å². The fourth-order valence-electron chi connectivity index (χ4n) is 1.65. The van der Waals surface area contributed by atoms with Gasteiger partial charge in [-0.15, -0.1) is 0 Å². The number of aryl methyl sites for hydroxylation is 2. The van der Waals surface area contributed by atoms with Crippen LogP contribution in [0.1, 0.15) is 46.6 Å². The molecule has 0 atom stereocenters. The lowest BCUT2D eigenvalue weighted by Gasteiger charge is -1.96. The van der Waals surface area contributed by atoms with Crippen molar-refractivity contribution < 1.29 is 4.57 Å². The molecule has 0 spiro atoms. The van der Waals surface area contributed by atoms with E-state index in [1.54, 1.807) is 0 Å². The Morgan fingerprint density at radius 2 is 1.58 bits per heavy atom. The molecule has 2 aromatic rings. The molecule has 0 saturated heterocycles. The summed E-state index contributed by atoms with van der Waals surface area (Å²) in [7, 11) is 0. The second-order valence-corrected chi connectivity index (χ2v) is 3.89. The highest BCUT2D eigenvalue weighted by Crippen LogP contribution is 2.07. The van der Waals surface area contributed by atoms with Gasteiger partial charge in [0, 0.05) is 0 Å². The molecule has 0 radical (unpaired) electrons. The molecular formula is C17H29N2+. The molecule has 2 rings (SSSR count). The van der Waals surface area contributed by atoms with Gasteiger partial charge in [0.1, 0.15) is 18.1 Å². The van der Waals surface area contributed by atoms with Crippen LogP contribution in [0.5, 0.6) is 0 Å². The molecule has 0 aliphatic heterocycles. The van der Waals surface area contributed by atoms with E-state index in [-0.39, 0.29) is 0 Å². The molecule has 0 N–H and O–H groups in total. The molecule has 0 unspecified atom stereocenters. The Kier molecular flexibility index (Phi) is 9.51. The van der Waals surface area contributed by atoms with Crippen LogP contribution in [-0.2, 0) is 6.54 Å². The highest BCUT2D eigenvalue weighted by atomic mass is 15.1. The molecular weight excluding hydrogens is 232 g/mol. The van der Waals surface area contributed by atoms with Gasteiger partial charge in [-0.05, 0) is 25.5 Å². The molecule has 0 bridgehead atoms. The van der Waals surface area contributed by atoms with Crippen LogP contribution in [0.2, 0.25) is 0 Å². The van der Waals surface area contributed by atoms with Gasteiger partial charge in [-0.1, -0.05) is 52.3 Å². The maximum absolute atomic E-state index is 2.21. The van der Waals surface area contributed by atoms with Crippen molar-refractivity contribution in [2.45, 2.75) is 54.5 Å². The van der Waals surface area contributed by atoms with E-state index in [0.717, 1.165) is 6.54 Å². The van der Waals surface area contributed by atoms with Gasteiger partial charge in [0.2, 0.25) is 6.33 Å². The summed E-state index contributed by atoms with van der Waals surface area (Å²) >= 11 is 0. The first-order chi connectivity index (χ1) is 9.29. The van der Waals surface area contributed by atoms with Crippen LogP contribution in [-0.4, -0.2) is 4.57 Å². The van der Waals surface area contributed by atoms with E-state index in [9.17, 15) is 0 Å². The lowest BCUT2D eigenvalue weighted by molar-refractivity contribution is -0.696. The standard InChI is InChI=1S/C13H17N2.2C2H6/c1-3-8-14-9-10-15(11-14)13-6-4-12(2)5-7-13;2*1-2/h4-7,9-11H,3,8H2,1-2H3;2*1-2H3/q+1;;. The number of benzene rings is 1. The van der Waals surface area contributed by atoms with Crippen molar-refractivity contribution in [1.82, 2.24) is 4.57 Å². The molecule has 0 saturated carbocycles. The lowest BCUT2D eigenvalue weighted by atomic mass is 10.2. The van der Waals surface area contributed by atoms with Crippen LogP contribution in [0.4, 0.5) is 0 Å². The molecule has 106 valence electrons. The Morgan fingerprint density at radius 1 is 1.00 bits per heavy atom. The fourth-order valence-corrected chi connectivity index (χ4v) is 1.65. The normalized spacial score (nSPS) is 8.95. The molecule has 1 aromatic heterocycles. The highest BCUT2D eigenvalue weighted by Gasteiger charge is 2.04. The third-order valence-electron chi connectivity index (χ3n) is 2.51. The van der Waals surface area contributed by atoms with Crippen molar-refractivity contribution in [3.05, 3.63) is 48.5 Å². The first-order valence-corrected chi connectivity index (χ1v) is 7.43. The Labute approximate surface area is 118 Å². The summed E-state index contributed by atoms with van der Waals surface area (Å²) in [6, 6.07) is 8.57. The molecule has 19 heavy (non-hydrogen) atoms. The van der Waals surface area contributed by atoms with Crippen molar-refractivity contribution in [3.63, 3.8) is 0 Å². The minimum absolute atomic E-state index is 1.08. The van der Waals surface area contributed by atoms with E-state index in [0.29, 0.717) is 0 Å². The summed E-state index contributed by atoms with van der Waals surface area (Å²) in [6.45, 7) is 13.4. The molecule has 0 amide bonds. The molecule has 0 fully saturated rings. The summed E-state index contributed by atoms with van der Waals surface area (Å²) in [5.74, 6) is 0. The smallest absolute Gasteiger partial charge is 0.236 e. The van der Waals surface area contributed by atoms with Crippen LogP contribution in [0, 0.1) is 6.92 Å². The molecule has 1 heterocycles. The molecule has 2 nitrogen and oxygen atoms in total. The van der Waals surface area contributed by atoms with E-state index < -0.39 is 0 Å². The van der Waals surface area contributed by atoms with Gasteiger partial charge in [-0.3, -0.25) is 0 Å². The fraction of sp³-hybridized carbons (Fsp3) is 0.471. The molecule has 0 aliphatic carbocycles. The van der Waals surface area contributed by atoms with Gasteiger partial charge in [-0.25, -0.2) is 9.13 Å². The van der Waals surface area contributed by atoms with Crippen molar-refractivity contribution in [1.29, 1.82) is 0 Å². The first kappa shape index (κ1) is 17.4. The van der Waals surface area contributed by atoms with Crippen LogP contribution in [0.15, 0.2) is 43.0 Å². The summed E-state index contributed by atoms with van der Waals surface area (Å²) < 4.78 is 4.36. The van der Waals surface area contributed by atoms with E-state index in [2.05, 4.69) is 66.0 Å². The third-order valence-corrected chi connectivity index (χ3v) is 2.51. The third kappa shape index (κ3) is 5.73. The zero-order valence-corrected chi connectivity index (χ0v) is 13.4. The maximum Gasteiger partial charge on any atom is 0.248 e. The monoisotopic (exact) mass is 261 g/mol. The SMILES string of the molecule is CC.CC.CCC[n+]1ccn(-c2ccc(C)cc2)c1. The van der Waals surface area contributed by atoms with Crippen molar-refractivity contribution in [2.75, 3.05) is 0 Å². The summed E-state index contributed by atoms with van der Waals surface area (Å²) in [5, 5.41) is 0. The van der Waals surface area contributed by atoms with Crippen LogP contribution in [0.3, 0.4) is 0 Å². The average molecular weight is 261 g/mol. The van der Waals surface area contributed by atoms with Gasteiger partial charge in [0.05, 0.1) is 6.54 Å². The topological polar surface area (TPSA) is 8.81 Å². The minimum Gasteiger partial charge on any atom is -0.236 e. The number of hydrogen-bond acceptors (Lipinski definition) is 0. The number of hydrogen-bond donors (Lipinski definition) is 0. The predicted molar refractivity (Wildman–Crippen MR) is 83.7 cm³/mol. The van der Waals surface area contributed by atoms with E-state index >= 15 is 0 Å². The lowest BCUT2D eigenvalue weighted by Crippen LogP contribution is -2.30. The predicted octanol–water partition coefficient (Wildman–Crippen LogP) is 4.54. The summed E-state index contributed by atoms with van der Waals surface area (Å²) in [6.07, 6.45) is 7.51.